The molecule has 2 rings (SSSR count). The van der Waals surface area contributed by atoms with E-state index in [1.54, 1.807) is 0 Å². The van der Waals surface area contributed by atoms with E-state index < -0.39 is 0 Å². The summed E-state index contributed by atoms with van der Waals surface area (Å²) >= 11 is 2.08. The predicted octanol–water partition coefficient (Wildman–Crippen LogP) is 1.37. The lowest BCUT2D eigenvalue weighted by Gasteiger charge is -2.34. The van der Waals surface area contributed by atoms with Crippen molar-refractivity contribution in [1.29, 1.82) is 0 Å². The van der Waals surface area contributed by atoms with Gasteiger partial charge in [-0.3, -0.25) is 9.67 Å². The lowest BCUT2D eigenvalue weighted by Crippen LogP contribution is -2.48. The molecule has 1 aromatic rings. The topological polar surface area (TPSA) is 45.4 Å². The summed E-state index contributed by atoms with van der Waals surface area (Å²) in [7, 11) is 3.82. The highest BCUT2D eigenvalue weighted by atomic mass is 32.2. The Morgan fingerprint density at radius 3 is 3.10 bits per heavy atom. The van der Waals surface area contributed by atoms with Gasteiger partial charge in [0.25, 0.3) is 0 Å². The van der Waals surface area contributed by atoms with Crippen molar-refractivity contribution in [3.05, 3.63) is 18.0 Å². The first-order valence-corrected chi connectivity index (χ1v) is 8.32. The van der Waals surface area contributed by atoms with Crippen molar-refractivity contribution < 1.29 is 0 Å². The summed E-state index contributed by atoms with van der Waals surface area (Å²) in [5.74, 6) is 2.23. The van der Waals surface area contributed by atoms with Crippen molar-refractivity contribution in [2.75, 3.05) is 32.4 Å². The molecule has 0 spiro atoms. The van der Waals surface area contributed by atoms with Crippen molar-refractivity contribution in [3.8, 4) is 0 Å². The van der Waals surface area contributed by atoms with Crippen LogP contribution >= 0.6 is 11.8 Å². The van der Waals surface area contributed by atoms with Crippen molar-refractivity contribution in [1.82, 2.24) is 20.0 Å². The highest BCUT2D eigenvalue weighted by Crippen LogP contribution is 2.20. The minimum absolute atomic E-state index is 0.737. The van der Waals surface area contributed by atoms with Crippen molar-refractivity contribution >= 4 is 17.7 Å². The predicted molar refractivity (Wildman–Crippen MR) is 86.4 cm³/mol. The van der Waals surface area contributed by atoms with E-state index in [1.165, 1.54) is 17.7 Å². The molecular formula is C14H25N5S. The minimum Gasteiger partial charge on any atom is -0.356 e. The number of thioether (sulfide) groups is 1. The number of hydrogen-bond acceptors (Lipinski definition) is 3. The summed E-state index contributed by atoms with van der Waals surface area (Å²) in [6.07, 6.45) is 6.20. The third-order valence-corrected chi connectivity index (χ3v) is 4.93. The van der Waals surface area contributed by atoms with E-state index in [9.17, 15) is 0 Å². The highest BCUT2D eigenvalue weighted by Gasteiger charge is 2.21. The van der Waals surface area contributed by atoms with Crippen LogP contribution in [0.4, 0.5) is 0 Å². The van der Waals surface area contributed by atoms with Gasteiger partial charge >= 0.3 is 0 Å². The third kappa shape index (κ3) is 4.16. The maximum absolute atomic E-state index is 4.42. The van der Waals surface area contributed by atoms with Crippen LogP contribution in [-0.4, -0.2) is 58.3 Å². The Labute approximate surface area is 125 Å². The molecule has 0 radical (unpaired) electrons. The van der Waals surface area contributed by atoms with E-state index in [-0.39, 0.29) is 0 Å². The van der Waals surface area contributed by atoms with Gasteiger partial charge in [-0.15, -0.1) is 0 Å². The molecule has 0 bridgehead atoms. The summed E-state index contributed by atoms with van der Waals surface area (Å²) in [6, 6.07) is 0. The summed E-state index contributed by atoms with van der Waals surface area (Å²) in [4.78, 5) is 6.80. The lowest BCUT2D eigenvalue weighted by atomic mass is 10.2. The van der Waals surface area contributed by atoms with E-state index in [0.29, 0.717) is 0 Å². The molecule has 1 atom stereocenters. The number of aromatic nitrogens is 2. The van der Waals surface area contributed by atoms with Crippen molar-refractivity contribution in [2.45, 2.75) is 25.0 Å². The van der Waals surface area contributed by atoms with Gasteiger partial charge in [-0.05, 0) is 18.4 Å². The number of hydrogen-bond donors (Lipinski definition) is 1. The Balaban J connectivity index is 1.80. The summed E-state index contributed by atoms with van der Waals surface area (Å²) in [5, 5.41) is 8.40. The second kappa shape index (κ2) is 7.57. The Kier molecular flexibility index (Phi) is 5.76. The van der Waals surface area contributed by atoms with Crippen LogP contribution in [0.1, 0.15) is 18.9 Å². The van der Waals surface area contributed by atoms with Gasteiger partial charge in [0.05, 0.1) is 6.20 Å². The molecule has 5 nitrogen and oxygen atoms in total. The van der Waals surface area contributed by atoms with Gasteiger partial charge in [0.15, 0.2) is 5.96 Å². The monoisotopic (exact) mass is 295 g/mol. The highest BCUT2D eigenvalue weighted by molar-refractivity contribution is 8.00. The van der Waals surface area contributed by atoms with Gasteiger partial charge in [-0.25, -0.2) is 0 Å². The Hall–Kier alpha value is -1.17. The fourth-order valence-electron chi connectivity index (χ4n) is 2.41. The van der Waals surface area contributed by atoms with Crippen molar-refractivity contribution in [3.63, 3.8) is 0 Å². The maximum atomic E-state index is 4.42. The van der Waals surface area contributed by atoms with Gasteiger partial charge in [0.1, 0.15) is 0 Å². The zero-order valence-corrected chi connectivity index (χ0v) is 13.5. The van der Waals surface area contributed by atoms with Gasteiger partial charge in [-0.1, -0.05) is 6.92 Å². The molecule has 0 aliphatic carbocycles. The first-order chi connectivity index (χ1) is 9.72. The van der Waals surface area contributed by atoms with Gasteiger partial charge in [0.2, 0.25) is 0 Å². The summed E-state index contributed by atoms with van der Waals surface area (Å²) < 4.78 is 1.85. The second-order valence-corrected chi connectivity index (χ2v) is 6.50. The number of nitrogens with zero attached hydrogens (tertiary/aromatic N) is 4. The zero-order valence-electron chi connectivity index (χ0n) is 12.7. The van der Waals surface area contributed by atoms with Gasteiger partial charge in [0, 0.05) is 50.9 Å². The van der Waals surface area contributed by atoms with Crippen LogP contribution in [0.25, 0.3) is 0 Å². The quantitative estimate of drug-likeness (QED) is 0.673. The van der Waals surface area contributed by atoms with E-state index >= 15 is 0 Å². The van der Waals surface area contributed by atoms with Crippen LogP contribution in [0, 0.1) is 0 Å². The van der Waals surface area contributed by atoms with E-state index in [1.807, 2.05) is 25.0 Å². The molecule has 1 N–H and O–H groups in total. The Bertz CT molecular complexity index is 443. The number of rotatable bonds is 4. The average molecular weight is 295 g/mol. The normalized spacial score (nSPS) is 20.2. The molecule has 0 amide bonds. The summed E-state index contributed by atoms with van der Waals surface area (Å²) in [5.41, 5.74) is 1.26. The van der Waals surface area contributed by atoms with Crippen LogP contribution in [-0.2, 0) is 13.5 Å². The maximum Gasteiger partial charge on any atom is 0.193 e. The summed E-state index contributed by atoms with van der Waals surface area (Å²) in [6.45, 7) is 5.36. The molecule has 1 aliphatic rings. The van der Waals surface area contributed by atoms with E-state index in [2.05, 4.69) is 45.2 Å². The van der Waals surface area contributed by atoms with Gasteiger partial charge < -0.3 is 10.2 Å². The first kappa shape index (κ1) is 15.2. The molecule has 20 heavy (non-hydrogen) atoms. The fraction of sp³-hybridized carbons (Fsp3) is 0.714. The Morgan fingerprint density at radius 2 is 2.45 bits per heavy atom. The molecule has 1 saturated heterocycles. The molecular weight excluding hydrogens is 270 g/mol. The zero-order chi connectivity index (χ0) is 14.4. The van der Waals surface area contributed by atoms with E-state index in [0.717, 1.165) is 37.3 Å². The van der Waals surface area contributed by atoms with Gasteiger partial charge in [-0.2, -0.15) is 16.9 Å². The van der Waals surface area contributed by atoms with Crippen LogP contribution in [0.15, 0.2) is 17.4 Å². The molecule has 112 valence electrons. The number of aliphatic imine (C=N–C) groups is 1. The molecule has 1 unspecified atom stereocenters. The minimum atomic E-state index is 0.737. The molecule has 1 aromatic heterocycles. The Morgan fingerprint density at radius 1 is 1.60 bits per heavy atom. The fourth-order valence-corrected chi connectivity index (χ4v) is 3.59. The SMILES string of the molecule is CCC1CN(C(=NC)NCCc2cnn(C)c2)CCS1. The smallest absolute Gasteiger partial charge is 0.193 e. The average Bonchev–Trinajstić information content (AvgIpc) is 2.89. The van der Waals surface area contributed by atoms with E-state index in [4.69, 9.17) is 0 Å². The number of aryl methyl sites for hydroxylation is 1. The molecule has 0 saturated carbocycles. The molecule has 1 fully saturated rings. The standard InChI is InChI=1S/C14H25N5S/c1-4-13-11-19(7-8-20-13)14(15-2)16-6-5-12-9-17-18(3)10-12/h9-10,13H,4-8,11H2,1-3H3,(H,15,16). The van der Waals surface area contributed by atoms with Crippen LogP contribution < -0.4 is 5.32 Å². The van der Waals surface area contributed by atoms with Crippen LogP contribution in [0.5, 0.6) is 0 Å². The number of nitrogens with one attached hydrogen (secondary N) is 1. The second-order valence-electron chi connectivity index (χ2n) is 5.09. The molecule has 6 heteroatoms. The lowest BCUT2D eigenvalue weighted by molar-refractivity contribution is 0.408. The molecule has 0 aromatic carbocycles. The molecule has 2 heterocycles. The van der Waals surface area contributed by atoms with Crippen LogP contribution in [0.3, 0.4) is 0 Å². The third-order valence-electron chi connectivity index (χ3n) is 3.56. The largest absolute Gasteiger partial charge is 0.356 e. The molecule has 1 aliphatic heterocycles. The first-order valence-electron chi connectivity index (χ1n) is 7.27. The van der Waals surface area contributed by atoms with Crippen molar-refractivity contribution in [2.24, 2.45) is 12.0 Å². The van der Waals surface area contributed by atoms with Crippen LogP contribution in [0.2, 0.25) is 0 Å². The number of guanidine groups is 1.